The lowest BCUT2D eigenvalue weighted by Gasteiger charge is -2.30. The second kappa shape index (κ2) is 8.69. The third-order valence-corrected chi connectivity index (χ3v) is 5.04. The lowest BCUT2D eigenvalue weighted by molar-refractivity contribution is -0.137. The van der Waals surface area contributed by atoms with Crippen LogP contribution in [-0.4, -0.2) is 38.5 Å². The molecule has 2 aromatic heterocycles. The van der Waals surface area contributed by atoms with Gasteiger partial charge in [-0.2, -0.15) is 0 Å². The number of hydrogen-bond donors (Lipinski definition) is 0. The Bertz CT molecular complexity index is 896. The molecular weight excluding hydrogens is 352 g/mol. The maximum absolute atomic E-state index is 13.3. The van der Waals surface area contributed by atoms with Crippen LogP contribution in [0.3, 0.4) is 0 Å². The number of rotatable bonds is 7. The van der Waals surface area contributed by atoms with Crippen LogP contribution in [-0.2, 0) is 24.3 Å². The first kappa shape index (κ1) is 18.2. The Kier molecular flexibility index (Phi) is 5.66. The molecular formula is C22H24N4O2. The van der Waals surface area contributed by atoms with Crippen LogP contribution in [0.5, 0.6) is 5.75 Å². The van der Waals surface area contributed by atoms with Gasteiger partial charge in [0.05, 0.1) is 12.2 Å². The molecule has 0 saturated carbocycles. The molecule has 1 amide bonds. The Balaban J connectivity index is 1.44. The quantitative estimate of drug-likeness (QED) is 0.636. The van der Waals surface area contributed by atoms with E-state index in [-0.39, 0.29) is 11.8 Å². The summed E-state index contributed by atoms with van der Waals surface area (Å²) in [5, 5.41) is 0. The first-order valence-corrected chi connectivity index (χ1v) is 9.64. The van der Waals surface area contributed by atoms with E-state index >= 15 is 0 Å². The van der Waals surface area contributed by atoms with Crippen molar-refractivity contribution in [3.63, 3.8) is 0 Å². The van der Waals surface area contributed by atoms with Crippen LogP contribution in [0.15, 0.2) is 67.5 Å². The first-order chi connectivity index (χ1) is 13.8. The van der Waals surface area contributed by atoms with E-state index in [1.165, 1.54) is 0 Å². The van der Waals surface area contributed by atoms with E-state index in [1.54, 1.807) is 18.7 Å². The topological polar surface area (TPSA) is 60.2 Å². The molecule has 0 unspecified atom stereocenters. The van der Waals surface area contributed by atoms with E-state index in [2.05, 4.69) is 9.97 Å². The highest BCUT2D eigenvalue weighted by Crippen LogP contribution is 2.28. The van der Waals surface area contributed by atoms with Crippen molar-refractivity contribution < 1.29 is 9.53 Å². The summed E-state index contributed by atoms with van der Waals surface area (Å²) in [5.41, 5.74) is 2.14. The van der Waals surface area contributed by atoms with Crippen molar-refractivity contribution >= 4 is 5.91 Å². The minimum absolute atomic E-state index is 0.143. The summed E-state index contributed by atoms with van der Waals surface area (Å²) >= 11 is 0. The van der Waals surface area contributed by atoms with E-state index in [9.17, 15) is 4.79 Å². The largest absolute Gasteiger partial charge is 0.492 e. The Hall–Kier alpha value is -3.15. The molecule has 0 saturated heterocycles. The van der Waals surface area contributed by atoms with Crippen molar-refractivity contribution in [1.82, 2.24) is 19.4 Å². The van der Waals surface area contributed by atoms with Crippen LogP contribution in [0, 0.1) is 5.92 Å². The lowest BCUT2D eigenvalue weighted by Crippen LogP contribution is -2.41. The van der Waals surface area contributed by atoms with E-state index in [1.807, 2.05) is 58.3 Å². The van der Waals surface area contributed by atoms with Gasteiger partial charge < -0.3 is 14.2 Å². The van der Waals surface area contributed by atoms with Crippen LogP contribution in [0.1, 0.15) is 17.5 Å². The van der Waals surface area contributed by atoms with Crippen LogP contribution in [0.4, 0.5) is 0 Å². The highest BCUT2D eigenvalue weighted by molar-refractivity contribution is 5.79. The zero-order valence-electron chi connectivity index (χ0n) is 15.8. The van der Waals surface area contributed by atoms with Gasteiger partial charge in [0.25, 0.3) is 0 Å². The normalized spacial score (nSPS) is 15.5. The molecule has 0 bridgehead atoms. The number of hydrogen-bond acceptors (Lipinski definition) is 4. The Morgan fingerprint density at radius 1 is 1.18 bits per heavy atom. The Morgan fingerprint density at radius 3 is 2.93 bits per heavy atom. The van der Waals surface area contributed by atoms with Gasteiger partial charge in [-0.05, 0) is 36.1 Å². The summed E-state index contributed by atoms with van der Waals surface area (Å²) < 4.78 is 7.88. The maximum atomic E-state index is 13.3. The second-order valence-corrected chi connectivity index (χ2v) is 7.09. The average Bonchev–Trinajstić information content (AvgIpc) is 3.26. The van der Waals surface area contributed by atoms with E-state index < -0.39 is 0 Å². The average molecular weight is 376 g/mol. The summed E-state index contributed by atoms with van der Waals surface area (Å²) in [7, 11) is 0. The number of carbonyl (C=O) groups excluding carboxylic acids is 1. The summed E-state index contributed by atoms with van der Waals surface area (Å²) in [6.45, 7) is 2.51. The third kappa shape index (κ3) is 4.39. The summed E-state index contributed by atoms with van der Waals surface area (Å²) in [5.74, 6) is 0.884. The van der Waals surface area contributed by atoms with Crippen molar-refractivity contribution in [2.45, 2.75) is 25.9 Å². The summed E-state index contributed by atoms with van der Waals surface area (Å²) in [6.07, 6.45) is 10.7. The van der Waals surface area contributed by atoms with Gasteiger partial charge in [-0.15, -0.1) is 0 Å². The number of benzene rings is 1. The van der Waals surface area contributed by atoms with Gasteiger partial charge in [0.15, 0.2) is 0 Å². The number of carbonyl (C=O) groups is 1. The molecule has 0 aliphatic carbocycles. The molecule has 6 nitrogen and oxygen atoms in total. The summed E-state index contributed by atoms with van der Waals surface area (Å²) in [6, 6.07) is 11.9. The predicted octanol–water partition coefficient (Wildman–Crippen LogP) is 2.95. The number of amides is 1. The van der Waals surface area contributed by atoms with E-state index in [4.69, 9.17) is 4.74 Å². The number of para-hydroxylation sites is 1. The van der Waals surface area contributed by atoms with Crippen LogP contribution in [0.2, 0.25) is 0 Å². The van der Waals surface area contributed by atoms with Crippen molar-refractivity contribution in [3.8, 4) is 5.75 Å². The Labute approximate surface area is 164 Å². The van der Waals surface area contributed by atoms with Gasteiger partial charge >= 0.3 is 0 Å². The number of imidazole rings is 1. The number of nitrogens with zero attached hydrogens (tertiary/aromatic N) is 4. The fraction of sp³-hybridized carbons (Fsp3) is 0.318. The Morgan fingerprint density at radius 2 is 2.11 bits per heavy atom. The van der Waals surface area contributed by atoms with Crippen LogP contribution >= 0.6 is 0 Å². The van der Waals surface area contributed by atoms with Gasteiger partial charge in [0.2, 0.25) is 5.91 Å². The molecule has 1 aliphatic rings. The predicted molar refractivity (Wildman–Crippen MR) is 106 cm³/mol. The molecule has 1 atom stereocenters. The molecule has 3 heterocycles. The number of aryl methyl sites for hydroxylation is 1. The number of pyridine rings is 1. The monoisotopic (exact) mass is 376 g/mol. The molecule has 6 heteroatoms. The van der Waals surface area contributed by atoms with Gasteiger partial charge in [0, 0.05) is 44.4 Å². The first-order valence-electron chi connectivity index (χ1n) is 9.64. The highest BCUT2D eigenvalue weighted by atomic mass is 16.5. The van der Waals surface area contributed by atoms with Crippen molar-refractivity contribution in [1.29, 1.82) is 0 Å². The van der Waals surface area contributed by atoms with Gasteiger partial charge in [-0.25, -0.2) is 4.98 Å². The number of fused-ring (bicyclic) bond motifs is 1. The fourth-order valence-corrected chi connectivity index (χ4v) is 3.59. The molecule has 0 spiro atoms. The van der Waals surface area contributed by atoms with Crippen LogP contribution < -0.4 is 4.74 Å². The molecule has 144 valence electrons. The van der Waals surface area contributed by atoms with Crippen molar-refractivity contribution in [2.24, 2.45) is 5.92 Å². The van der Waals surface area contributed by atoms with E-state index in [0.717, 1.165) is 36.3 Å². The second-order valence-electron chi connectivity index (χ2n) is 7.09. The van der Waals surface area contributed by atoms with Crippen LogP contribution in [0.25, 0.3) is 0 Å². The minimum atomic E-state index is -0.153. The van der Waals surface area contributed by atoms with Crippen molar-refractivity contribution in [2.75, 3.05) is 13.2 Å². The molecule has 0 radical (unpaired) electrons. The number of ether oxygens (including phenoxy) is 1. The maximum Gasteiger partial charge on any atom is 0.229 e. The standard InChI is InChI=1S/C22H24N4O2/c27-22(20-13-19-6-1-2-7-21(19)28-16-20)26(15-18-5-3-8-23-14-18)11-4-10-25-12-9-24-17-25/h1-3,5-9,12,14,17,20H,4,10-11,13,15-16H2/t20-/m1/s1. The molecule has 1 aromatic carbocycles. The zero-order chi connectivity index (χ0) is 19.2. The molecule has 0 N–H and O–H groups in total. The zero-order valence-corrected chi connectivity index (χ0v) is 15.8. The molecule has 0 fully saturated rings. The van der Waals surface area contributed by atoms with Gasteiger partial charge in [-0.1, -0.05) is 24.3 Å². The molecule has 28 heavy (non-hydrogen) atoms. The fourth-order valence-electron chi connectivity index (χ4n) is 3.59. The lowest BCUT2D eigenvalue weighted by atomic mass is 9.95. The minimum Gasteiger partial charge on any atom is -0.492 e. The third-order valence-electron chi connectivity index (χ3n) is 5.04. The molecule has 3 aromatic rings. The van der Waals surface area contributed by atoms with E-state index in [0.29, 0.717) is 19.7 Å². The summed E-state index contributed by atoms with van der Waals surface area (Å²) in [4.78, 5) is 23.5. The van der Waals surface area contributed by atoms with Crippen molar-refractivity contribution in [3.05, 3.63) is 78.6 Å². The smallest absolute Gasteiger partial charge is 0.229 e. The SMILES string of the molecule is O=C([C@H]1COc2ccccc2C1)N(CCCn1ccnc1)Cc1cccnc1. The molecule has 1 aliphatic heterocycles. The van der Waals surface area contributed by atoms with Gasteiger partial charge in [0.1, 0.15) is 12.4 Å². The number of aromatic nitrogens is 3. The molecule has 4 rings (SSSR count). The van der Waals surface area contributed by atoms with Gasteiger partial charge in [-0.3, -0.25) is 9.78 Å². The highest BCUT2D eigenvalue weighted by Gasteiger charge is 2.29.